The molecule has 1 aliphatic heterocycles. The molecule has 4 aromatic rings. The Balaban J connectivity index is 1.57. The number of hydrogen-bond donors (Lipinski definition) is 1. The van der Waals surface area contributed by atoms with Crippen molar-refractivity contribution < 1.29 is 4.79 Å². The maximum Gasteiger partial charge on any atom is 0.219 e. The Labute approximate surface area is 180 Å². The normalized spacial score (nSPS) is 13.2. The third kappa shape index (κ3) is 3.59. The second-order valence-electron chi connectivity index (χ2n) is 7.82. The number of benzene rings is 2. The number of hydrogen-bond acceptors (Lipinski definition) is 4. The van der Waals surface area contributed by atoms with Gasteiger partial charge in [-0.3, -0.25) is 19.5 Å². The van der Waals surface area contributed by atoms with E-state index in [1.54, 1.807) is 11.6 Å². The standard InChI is InChI=1S/C24H24N6O/c1-17(31)29-13-12-23-22(16-29)24(27-26-23)30(20-6-4-3-5-7-20)21-10-8-18(9-11-21)19-14-25-28(2)15-19/h3-11,14-15H,12-13,16H2,1-2H3,(H,26,27). The zero-order valence-electron chi connectivity index (χ0n) is 17.6. The van der Waals surface area contributed by atoms with Crippen molar-refractivity contribution in [1.82, 2.24) is 24.9 Å². The van der Waals surface area contributed by atoms with Crippen molar-refractivity contribution >= 4 is 23.1 Å². The molecule has 0 aliphatic carbocycles. The fraction of sp³-hybridized carbons (Fsp3) is 0.208. The number of rotatable bonds is 4. The third-order valence-electron chi connectivity index (χ3n) is 5.75. The molecule has 3 heterocycles. The quantitative estimate of drug-likeness (QED) is 0.546. The highest BCUT2D eigenvalue weighted by Crippen LogP contribution is 2.38. The van der Waals surface area contributed by atoms with Crippen LogP contribution in [0.1, 0.15) is 18.2 Å². The molecule has 0 fully saturated rings. The number of carbonyl (C=O) groups excluding carboxylic acids is 1. The Hall–Kier alpha value is -3.87. The topological polar surface area (TPSA) is 70.1 Å². The number of nitrogens with one attached hydrogen (secondary N) is 1. The van der Waals surface area contributed by atoms with Crippen LogP contribution in [0.2, 0.25) is 0 Å². The van der Waals surface area contributed by atoms with E-state index in [0.29, 0.717) is 6.54 Å². The Kier molecular flexibility index (Phi) is 4.78. The molecular formula is C24H24N6O. The molecule has 0 radical (unpaired) electrons. The Morgan fingerprint density at radius 2 is 1.77 bits per heavy atom. The number of anilines is 3. The van der Waals surface area contributed by atoms with Gasteiger partial charge in [0.25, 0.3) is 0 Å². The fourth-order valence-corrected chi connectivity index (χ4v) is 4.08. The van der Waals surface area contributed by atoms with Gasteiger partial charge in [-0.1, -0.05) is 30.3 Å². The van der Waals surface area contributed by atoms with E-state index in [4.69, 9.17) is 0 Å². The lowest BCUT2D eigenvalue weighted by molar-refractivity contribution is -0.129. The van der Waals surface area contributed by atoms with Gasteiger partial charge in [-0.25, -0.2) is 0 Å². The summed E-state index contributed by atoms with van der Waals surface area (Å²) in [5.41, 5.74) is 6.38. The highest BCUT2D eigenvalue weighted by Gasteiger charge is 2.27. The van der Waals surface area contributed by atoms with Gasteiger partial charge in [0.2, 0.25) is 5.91 Å². The molecule has 7 heteroatoms. The molecule has 1 amide bonds. The molecule has 5 rings (SSSR count). The molecule has 0 unspecified atom stereocenters. The van der Waals surface area contributed by atoms with Gasteiger partial charge < -0.3 is 4.90 Å². The number of aromatic amines is 1. The summed E-state index contributed by atoms with van der Waals surface area (Å²) in [4.78, 5) is 16.0. The SMILES string of the molecule is CC(=O)N1CCc2[nH]nc(N(c3ccccc3)c3ccc(-c4cnn(C)c4)cc3)c2C1. The first-order valence-corrected chi connectivity index (χ1v) is 10.4. The molecule has 0 saturated carbocycles. The number of para-hydroxylation sites is 1. The fourth-order valence-electron chi connectivity index (χ4n) is 4.08. The van der Waals surface area contributed by atoms with Crippen molar-refractivity contribution in [2.24, 2.45) is 7.05 Å². The third-order valence-corrected chi connectivity index (χ3v) is 5.75. The van der Waals surface area contributed by atoms with Gasteiger partial charge in [0.05, 0.1) is 12.7 Å². The minimum absolute atomic E-state index is 0.0879. The Morgan fingerprint density at radius 1 is 1.03 bits per heavy atom. The zero-order valence-corrected chi connectivity index (χ0v) is 17.6. The molecule has 2 aromatic heterocycles. The Morgan fingerprint density at radius 3 is 2.45 bits per heavy atom. The zero-order chi connectivity index (χ0) is 21.4. The molecule has 31 heavy (non-hydrogen) atoms. The summed E-state index contributed by atoms with van der Waals surface area (Å²) in [7, 11) is 1.92. The first-order chi connectivity index (χ1) is 15.1. The molecule has 0 bridgehead atoms. The number of carbonyl (C=O) groups is 1. The summed E-state index contributed by atoms with van der Waals surface area (Å²) in [5, 5.41) is 12.2. The smallest absolute Gasteiger partial charge is 0.219 e. The van der Waals surface area contributed by atoms with Crippen molar-refractivity contribution in [3.8, 4) is 11.1 Å². The molecule has 0 spiro atoms. The lowest BCUT2D eigenvalue weighted by Gasteiger charge is -2.29. The Bertz CT molecular complexity index is 1210. The summed E-state index contributed by atoms with van der Waals surface area (Å²) in [5.74, 6) is 0.922. The number of amides is 1. The summed E-state index contributed by atoms with van der Waals surface area (Å²) in [6.07, 6.45) is 4.65. The van der Waals surface area contributed by atoms with E-state index in [2.05, 4.69) is 56.6 Å². The van der Waals surface area contributed by atoms with E-state index in [9.17, 15) is 4.79 Å². The van der Waals surface area contributed by atoms with E-state index in [-0.39, 0.29) is 5.91 Å². The van der Waals surface area contributed by atoms with Crippen LogP contribution in [0.3, 0.4) is 0 Å². The van der Waals surface area contributed by atoms with E-state index in [1.165, 1.54) is 0 Å². The van der Waals surface area contributed by atoms with Crippen LogP contribution in [0.25, 0.3) is 11.1 Å². The lowest BCUT2D eigenvalue weighted by atomic mass is 10.1. The highest BCUT2D eigenvalue weighted by molar-refractivity contribution is 5.79. The molecule has 7 nitrogen and oxygen atoms in total. The predicted molar refractivity (Wildman–Crippen MR) is 120 cm³/mol. The summed E-state index contributed by atoms with van der Waals surface area (Å²) in [6, 6.07) is 18.6. The van der Waals surface area contributed by atoms with Crippen LogP contribution in [-0.4, -0.2) is 37.3 Å². The van der Waals surface area contributed by atoms with Crippen LogP contribution in [-0.2, 0) is 24.8 Å². The molecule has 1 aliphatic rings. The summed E-state index contributed by atoms with van der Waals surface area (Å²) < 4.78 is 1.80. The first kappa shape index (κ1) is 19.1. The minimum Gasteiger partial charge on any atom is -0.338 e. The van der Waals surface area contributed by atoms with Gasteiger partial charge in [-0.05, 0) is 29.8 Å². The molecule has 0 saturated heterocycles. The maximum absolute atomic E-state index is 12.0. The van der Waals surface area contributed by atoms with Gasteiger partial charge in [-0.15, -0.1) is 0 Å². The lowest BCUT2D eigenvalue weighted by Crippen LogP contribution is -2.34. The van der Waals surface area contributed by atoms with E-state index in [0.717, 1.165) is 52.5 Å². The number of fused-ring (bicyclic) bond motifs is 1. The molecule has 156 valence electrons. The van der Waals surface area contributed by atoms with Crippen LogP contribution in [0.5, 0.6) is 0 Å². The van der Waals surface area contributed by atoms with Crippen molar-refractivity contribution in [1.29, 1.82) is 0 Å². The van der Waals surface area contributed by atoms with Crippen LogP contribution >= 0.6 is 0 Å². The van der Waals surface area contributed by atoms with Gasteiger partial charge in [0.15, 0.2) is 5.82 Å². The number of aromatic nitrogens is 4. The summed E-state index contributed by atoms with van der Waals surface area (Å²) >= 11 is 0. The van der Waals surface area contributed by atoms with Gasteiger partial charge in [0.1, 0.15) is 0 Å². The van der Waals surface area contributed by atoms with Gasteiger partial charge >= 0.3 is 0 Å². The maximum atomic E-state index is 12.0. The molecular weight excluding hydrogens is 388 g/mol. The van der Waals surface area contributed by atoms with Crippen molar-refractivity contribution in [2.45, 2.75) is 19.9 Å². The van der Waals surface area contributed by atoms with Gasteiger partial charge in [0, 0.05) is 61.3 Å². The second kappa shape index (κ2) is 7.75. The average Bonchev–Trinajstić information content (AvgIpc) is 3.41. The van der Waals surface area contributed by atoms with Crippen molar-refractivity contribution in [3.63, 3.8) is 0 Å². The molecule has 1 N–H and O–H groups in total. The van der Waals surface area contributed by atoms with Gasteiger partial charge in [-0.2, -0.15) is 10.2 Å². The van der Waals surface area contributed by atoms with Crippen molar-refractivity contribution in [3.05, 3.63) is 78.2 Å². The molecule has 0 atom stereocenters. The average molecular weight is 412 g/mol. The largest absolute Gasteiger partial charge is 0.338 e. The van der Waals surface area contributed by atoms with E-state index >= 15 is 0 Å². The van der Waals surface area contributed by atoms with Crippen LogP contribution in [0, 0.1) is 0 Å². The van der Waals surface area contributed by atoms with E-state index in [1.807, 2.05) is 42.5 Å². The number of nitrogens with zero attached hydrogens (tertiary/aromatic N) is 5. The van der Waals surface area contributed by atoms with Crippen LogP contribution in [0.15, 0.2) is 67.0 Å². The van der Waals surface area contributed by atoms with E-state index < -0.39 is 0 Å². The molecule has 2 aromatic carbocycles. The van der Waals surface area contributed by atoms with Crippen molar-refractivity contribution in [2.75, 3.05) is 11.4 Å². The number of H-pyrrole nitrogens is 1. The first-order valence-electron chi connectivity index (χ1n) is 10.4. The minimum atomic E-state index is 0.0879. The second-order valence-corrected chi connectivity index (χ2v) is 7.82. The van der Waals surface area contributed by atoms with Crippen LogP contribution < -0.4 is 4.90 Å². The highest BCUT2D eigenvalue weighted by atomic mass is 16.2. The predicted octanol–water partition coefficient (Wildman–Crippen LogP) is 4.18. The number of aryl methyl sites for hydroxylation is 1. The monoisotopic (exact) mass is 412 g/mol. The summed E-state index contributed by atoms with van der Waals surface area (Å²) in [6.45, 7) is 2.90. The van der Waals surface area contributed by atoms with Crippen LogP contribution in [0.4, 0.5) is 17.2 Å².